The van der Waals surface area contributed by atoms with Crippen LogP contribution in [0.1, 0.15) is 21.5 Å². The van der Waals surface area contributed by atoms with E-state index in [1.807, 2.05) is 18.2 Å². The first-order valence-electron chi connectivity index (χ1n) is 6.56. The highest BCUT2D eigenvalue weighted by Gasteiger charge is 2.25. The normalized spacial score (nSPS) is 14.2. The van der Waals surface area contributed by atoms with E-state index in [0.29, 0.717) is 12.1 Å². The summed E-state index contributed by atoms with van der Waals surface area (Å²) in [4.78, 5) is 14.0. The average Bonchev–Trinajstić information content (AvgIpc) is 2.46. The van der Waals surface area contributed by atoms with Crippen LogP contribution in [0.15, 0.2) is 36.4 Å². The molecule has 0 bridgehead atoms. The van der Waals surface area contributed by atoms with Gasteiger partial charge in [0.2, 0.25) is 0 Å². The molecule has 0 aromatic heterocycles. The maximum Gasteiger partial charge on any atom is 0.254 e. The van der Waals surface area contributed by atoms with Gasteiger partial charge in [0.05, 0.1) is 0 Å². The first kappa shape index (κ1) is 14.4. The molecule has 108 valence electrons. The number of carbonyl (C=O) groups is 1. The van der Waals surface area contributed by atoms with Gasteiger partial charge in [-0.25, -0.2) is 8.78 Å². The Bertz CT molecular complexity index is 717. The van der Waals surface area contributed by atoms with Crippen molar-refractivity contribution in [1.82, 2.24) is 4.90 Å². The zero-order valence-corrected chi connectivity index (χ0v) is 13.2. The largest absolute Gasteiger partial charge is 0.334 e. The molecule has 1 heterocycles. The maximum absolute atomic E-state index is 13.7. The van der Waals surface area contributed by atoms with Crippen LogP contribution in [0.4, 0.5) is 8.78 Å². The van der Waals surface area contributed by atoms with Gasteiger partial charge >= 0.3 is 0 Å². The van der Waals surface area contributed by atoms with E-state index in [4.69, 9.17) is 0 Å². The van der Waals surface area contributed by atoms with E-state index in [1.54, 1.807) is 4.90 Å². The van der Waals surface area contributed by atoms with E-state index in [2.05, 4.69) is 22.6 Å². The van der Waals surface area contributed by atoms with E-state index in [9.17, 15) is 13.6 Å². The Labute approximate surface area is 134 Å². The molecule has 0 radical (unpaired) electrons. The van der Waals surface area contributed by atoms with Gasteiger partial charge < -0.3 is 4.90 Å². The minimum absolute atomic E-state index is 0.0906. The summed E-state index contributed by atoms with van der Waals surface area (Å²) in [5.74, 6) is -1.11. The number of hydrogen-bond donors (Lipinski definition) is 0. The Balaban J connectivity index is 1.88. The molecule has 1 amide bonds. The third kappa shape index (κ3) is 2.92. The third-order valence-corrected chi connectivity index (χ3v) is 4.28. The summed E-state index contributed by atoms with van der Waals surface area (Å²) in [5.41, 5.74) is 1.87. The molecule has 0 atom stereocenters. The molecule has 3 rings (SSSR count). The van der Waals surface area contributed by atoms with Crippen molar-refractivity contribution >= 4 is 28.5 Å². The zero-order valence-electron chi connectivity index (χ0n) is 11.1. The summed E-state index contributed by atoms with van der Waals surface area (Å²) in [6, 6.07) is 9.08. The number of benzene rings is 2. The third-order valence-electron chi connectivity index (χ3n) is 3.61. The topological polar surface area (TPSA) is 20.3 Å². The van der Waals surface area contributed by atoms with Crippen LogP contribution in [-0.2, 0) is 13.0 Å². The van der Waals surface area contributed by atoms with E-state index < -0.39 is 11.6 Å². The standard InChI is InChI=1S/C16H12F2INO/c17-12-2-4-15(18)11(7-12)9-20-6-5-10-1-3-13(19)8-14(10)16(20)21/h1-4,7-8H,5-6,9H2. The lowest BCUT2D eigenvalue weighted by Gasteiger charge is -2.29. The fourth-order valence-electron chi connectivity index (χ4n) is 2.51. The number of amides is 1. The molecular weight excluding hydrogens is 387 g/mol. The van der Waals surface area contributed by atoms with Crippen molar-refractivity contribution in [3.63, 3.8) is 0 Å². The highest BCUT2D eigenvalue weighted by molar-refractivity contribution is 14.1. The second kappa shape index (κ2) is 5.71. The minimum atomic E-state index is -0.495. The van der Waals surface area contributed by atoms with E-state index in [0.717, 1.165) is 33.8 Å². The van der Waals surface area contributed by atoms with Crippen molar-refractivity contribution in [2.24, 2.45) is 0 Å². The van der Waals surface area contributed by atoms with Gasteiger partial charge in [0.25, 0.3) is 5.91 Å². The summed E-state index contributed by atoms with van der Waals surface area (Å²) in [6.07, 6.45) is 0.731. The molecule has 2 aromatic carbocycles. The second-order valence-corrected chi connectivity index (χ2v) is 6.26. The highest BCUT2D eigenvalue weighted by atomic mass is 127. The lowest BCUT2D eigenvalue weighted by molar-refractivity contribution is 0.0725. The fraction of sp³-hybridized carbons (Fsp3) is 0.188. The molecule has 0 N–H and O–H groups in total. The Morgan fingerprint density at radius 2 is 1.95 bits per heavy atom. The lowest BCUT2D eigenvalue weighted by Crippen LogP contribution is -2.37. The minimum Gasteiger partial charge on any atom is -0.334 e. The van der Waals surface area contributed by atoms with Gasteiger partial charge in [-0.3, -0.25) is 4.79 Å². The Morgan fingerprint density at radius 3 is 2.76 bits per heavy atom. The second-order valence-electron chi connectivity index (χ2n) is 5.01. The van der Waals surface area contributed by atoms with Crippen LogP contribution in [0.2, 0.25) is 0 Å². The molecule has 21 heavy (non-hydrogen) atoms. The molecule has 0 saturated heterocycles. The average molecular weight is 399 g/mol. The maximum atomic E-state index is 13.7. The summed E-state index contributed by atoms with van der Waals surface area (Å²) in [6.45, 7) is 0.607. The first-order valence-corrected chi connectivity index (χ1v) is 7.64. The highest BCUT2D eigenvalue weighted by Crippen LogP contribution is 2.23. The van der Waals surface area contributed by atoms with Crippen LogP contribution in [0.3, 0.4) is 0 Å². The number of nitrogens with zero attached hydrogens (tertiary/aromatic N) is 1. The summed E-state index contributed by atoms with van der Waals surface area (Å²) >= 11 is 2.16. The van der Waals surface area contributed by atoms with Gasteiger partial charge in [0.1, 0.15) is 11.6 Å². The molecule has 0 saturated carbocycles. The van der Waals surface area contributed by atoms with Crippen LogP contribution >= 0.6 is 22.6 Å². The van der Waals surface area contributed by atoms with Gasteiger partial charge in [-0.2, -0.15) is 0 Å². The molecule has 0 spiro atoms. The number of halogens is 3. The number of hydrogen-bond acceptors (Lipinski definition) is 1. The Hall–Kier alpha value is -1.50. The Kier molecular flexibility index (Phi) is 3.93. The first-order chi connectivity index (χ1) is 10.0. The van der Waals surface area contributed by atoms with Gasteiger partial charge in [0, 0.05) is 27.8 Å². The van der Waals surface area contributed by atoms with E-state index >= 15 is 0 Å². The molecule has 0 unspecified atom stereocenters. The fourth-order valence-corrected chi connectivity index (χ4v) is 3.01. The van der Waals surface area contributed by atoms with Crippen LogP contribution in [0.5, 0.6) is 0 Å². The molecule has 0 fully saturated rings. The van der Waals surface area contributed by atoms with Gasteiger partial charge in [-0.1, -0.05) is 6.07 Å². The monoisotopic (exact) mass is 399 g/mol. The molecule has 5 heteroatoms. The SMILES string of the molecule is O=C1c2cc(I)ccc2CCN1Cc1cc(F)ccc1F. The van der Waals surface area contributed by atoms with Crippen molar-refractivity contribution in [1.29, 1.82) is 0 Å². The van der Waals surface area contributed by atoms with Crippen molar-refractivity contribution in [2.45, 2.75) is 13.0 Å². The predicted octanol–water partition coefficient (Wildman–Crippen LogP) is 3.77. The van der Waals surface area contributed by atoms with Crippen molar-refractivity contribution < 1.29 is 13.6 Å². The number of rotatable bonds is 2. The van der Waals surface area contributed by atoms with E-state index in [1.165, 1.54) is 0 Å². The molecule has 0 aliphatic carbocycles. The molecule has 1 aliphatic rings. The van der Waals surface area contributed by atoms with Crippen molar-refractivity contribution in [3.05, 3.63) is 68.3 Å². The Morgan fingerprint density at radius 1 is 1.14 bits per heavy atom. The predicted molar refractivity (Wildman–Crippen MR) is 84.0 cm³/mol. The van der Waals surface area contributed by atoms with Crippen molar-refractivity contribution in [3.8, 4) is 0 Å². The number of carbonyl (C=O) groups excluding carboxylic acids is 1. The summed E-state index contributed by atoms with van der Waals surface area (Å²) in [7, 11) is 0. The molecule has 1 aliphatic heterocycles. The van der Waals surface area contributed by atoms with Gasteiger partial charge in [-0.15, -0.1) is 0 Å². The van der Waals surface area contributed by atoms with E-state index in [-0.39, 0.29) is 18.0 Å². The van der Waals surface area contributed by atoms with Crippen molar-refractivity contribution in [2.75, 3.05) is 6.54 Å². The van der Waals surface area contributed by atoms with Crippen LogP contribution in [0.25, 0.3) is 0 Å². The zero-order chi connectivity index (χ0) is 15.0. The van der Waals surface area contributed by atoms with Crippen LogP contribution in [-0.4, -0.2) is 17.4 Å². The lowest BCUT2D eigenvalue weighted by atomic mass is 9.98. The van der Waals surface area contributed by atoms with Gasteiger partial charge in [0.15, 0.2) is 0 Å². The summed E-state index contributed by atoms with van der Waals surface area (Å²) in [5, 5.41) is 0. The molecular formula is C16H12F2INO. The molecule has 2 nitrogen and oxygen atoms in total. The molecule has 2 aromatic rings. The summed E-state index contributed by atoms with van der Waals surface area (Å²) < 4.78 is 27.9. The quantitative estimate of drug-likeness (QED) is 0.705. The smallest absolute Gasteiger partial charge is 0.254 e. The van der Waals surface area contributed by atoms with Gasteiger partial charge in [-0.05, 0) is 64.9 Å². The van der Waals surface area contributed by atoms with Crippen LogP contribution < -0.4 is 0 Å². The van der Waals surface area contributed by atoms with Crippen LogP contribution in [0, 0.1) is 15.2 Å². The number of fused-ring (bicyclic) bond motifs is 1.